The number of aromatic nitrogens is 1. The minimum absolute atomic E-state index is 0.132. The molecule has 2 aromatic carbocycles. The van der Waals surface area contributed by atoms with Crippen molar-refractivity contribution in [3.63, 3.8) is 0 Å². The van der Waals surface area contributed by atoms with Gasteiger partial charge in [0, 0.05) is 10.7 Å². The molecule has 1 aromatic heterocycles. The fourth-order valence-electron chi connectivity index (χ4n) is 1.91. The molecule has 0 saturated carbocycles. The van der Waals surface area contributed by atoms with Crippen LogP contribution < -0.4 is 5.32 Å². The Morgan fingerprint density at radius 3 is 2.91 bits per heavy atom. The van der Waals surface area contributed by atoms with Crippen molar-refractivity contribution < 1.29 is 9.21 Å². The van der Waals surface area contributed by atoms with E-state index in [9.17, 15) is 4.79 Å². The quantitative estimate of drug-likeness (QED) is 0.714. The second-order valence-electron chi connectivity index (χ2n) is 4.75. The molecule has 0 bridgehead atoms. The molecular formula is C16H13ClN2O2S. The second-order valence-corrected chi connectivity index (χ2v) is 6.08. The number of thioether (sulfide) groups is 1. The summed E-state index contributed by atoms with van der Waals surface area (Å²) >= 11 is 7.29. The monoisotopic (exact) mass is 332 g/mol. The van der Waals surface area contributed by atoms with Crippen molar-refractivity contribution in [2.45, 2.75) is 12.1 Å². The lowest BCUT2D eigenvalue weighted by Gasteiger charge is -2.05. The van der Waals surface area contributed by atoms with Gasteiger partial charge < -0.3 is 9.73 Å². The van der Waals surface area contributed by atoms with Gasteiger partial charge in [-0.15, -0.1) is 0 Å². The number of fused-ring (bicyclic) bond motifs is 1. The van der Waals surface area contributed by atoms with Crippen molar-refractivity contribution in [3.05, 3.63) is 53.1 Å². The summed E-state index contributed by atoms with van der Waals surface area (Å²) in [6.45, 7) is 1.91. The molecule has 0 radical (unpaired) electrons. The highest BCUT2D eigenvalue weighted by Gasteiger charge is 2.09. The topological polar surface area (TPSA) is 55.1 Å². The average Bonchev–Trinajstić information content (AvgIpc) is 2.92. The van der Waals surface area contributed by atoms with Crippen LogP contribution in [0.5, 0.6) is 0 Å². The number of halogens is 1. The van der Waals surface area contributed by atoms with E-state index < -0.39 is 0 Å². The molecule has 6 heteroatoms. The van der Waals surface area contributed by atoms with Gasteiger partial charge >= 0.3 is 0 Å². The molecule has 0 saturated heterocycles. The maximum atomic E-state index is 12.0. The van der Waals surface area contributed by atoms with E-state index in [2.05, 4.69) is 10.3 Å². The Bertz CT molecular complexity index is 799. The fraction of sp³-hybridized carbons (Fsp3) is 0.125. The van der Waals surface area contributed by atoms with Crippen molar-refractivity contribution in [2.75, 3.05) is 11.1 Å². The summed E-state index contributed by atoms with van der Waals surface area (Å²) in [5.41, 5.74) is 3.16. The minimum atomic E-state index is -0.132. The summed E-state index contributed by atoms with van der Waals surface area (Å²) in [6, 6.07) is 12.9. The molecule has 3 rings (SSSR count). The molecule has 112 valence electrons. The number of nitrogens with one attached hydrogen (secondary N) is 1. The third-order valence-electron chi connectivity index (χ3n) is 3.06. The predicted octanol–water partition coefficient (Wildman–Crippen LogP) is 4.52. The molecule has 0 spiro atoms. The Balaban J connectivity index is 1.60. The lowest BCUT2D eigenvalue weighted by atomic mass is 10.2. The zero-order valence-corrected chi connectivity index (χ0v) is 13.4. The van der Waals surface area contributed by atoms with E-state index in [-0.39, 0.29) is 11.7 Å². The Hall–Kier alpha value is -1.98. The third kappa shape index (κ3) is 3.43. The van der Waals surface area contributed by atoms with Gasteiger partial charge in [-0.25, -0.2) is 4.98 Å². The lowest BCUT2D eigenvalue weighted by Crippen LogP contribution is -2.13. The highest BCUT2D eigenvalue weighted by Crippen LogP contribution is 2.24. The van der Waals surface area contributed by atoms with Gasteiger partial charge in [-0.05, 0) is 36.8 Å². The maximum absolute atomic E-state index is 12.0. The molecule has 0 aliphatic carbocycles. The molecule has 0 atom stereocenters. The van der Waals surface area contributed by atoms with Gasteiger partial charge in [0.25, 0.3) is 5.22 Å². The molecule has 1 heterocycles. The van der Waals surface area contributed by atoms with Crippen molar-refractivity contribution in [2.24, 2.45) is 0 Å². The molecular weight excluding hydrogens is 320 g/mol. The number of benzene rings is 2. The molecule has 22 heavy (non-hydrogen) atoms. The molecule has 0 unspecified atom stereocenters. The van der Waals surface area contributed by atoms with E-state index in [4.69, 9.17) is 16.0 Å². The zero-order chi connectivity index (χ0) is 15.5. The van der Waals surface area contributed by atoms with Crippen molar-refractivity contribution >= 4 is 46.1 Å². The largest absolute Gasteiger partial charge is 0.431 e. The summed E-state index contributed by atoms with van der Waals surface area (Å²) in [5.74, 6) is 0.0883. The van der Waals surface area contributed by atoms with Crippen molar-refractivity contribution in [1.82, 2.24) is 4.98 Å². The number of rotatable bonds is 4. The highest BCUT2D eigenvalue weighted by molar-refractivity contribution is 7.99. The first-order valence-electron chi connectivity index (χ1n) is 6.66. The van der Waals surface area contributed by atoms with Crippen LogP contribution in [0.25, 0.3) is 11.1 Å². The van der Waals surface area contributed by atoms with Gasteiger partial charge in [0.2, 0.25) is 5.91 Å². The number of oxazole rings is 1. The zero-order valence-electron chi connectivity index (χ0n) is 11.8. The first-order chi connectivity index (χ1) is 10.6. The highest BCUT2D eigenvalue weighted by atomic mass is 35.5. The Kier molecular flexibility index (Phi) is 4.36. The van der Waals surface area contributed by atoms with Gasteiger partial charge in [-0.3, -0.25) is 4.79 Å². The molecule has 0 fully saturated rings. The van der Waals surface area contributed by atoms with Crippen molar-refractivity contribution in [3.8, 4) is 0 Å². The van der Waals surface area contributed by atoms with Crippen molar-refractivity contribution in [1.29, 1.82) is 0 Å². The number of hydrogen-bond acceptors (Lipinski definition) is 4. The normalized spacial score (nSPS) is 10.8. The average molecular weight is 333 g/mol. The lowest BCUT2D eigenvalue weighted by molar-refractivity contribution is -0.113. The number of anilines is 1. The van der Waals surface area contributed by atoms with E-state index >= 15 is 0 Å². The standard InChI is InChI=1S/C16H13ClN2O2S/c1-10-6-7-11(8-12(10)17)18-15(20)9-22-16-19-13-4-2-3-5-14(13)21-16/h2-8H,9H2,1H3,(H,18,20). The van der Waals surface area contributed by atoms with Crippen LogP contribution in [0.2, 0.25) is 5.02 Å². The van der Waals surface area contributed by atoms with Crippen LogP contribution in [0.3, 0.4) is 0 Å². The van der Waals surface area contributed by atoms with Crippen LogP contribution in [0.4, 0.5) is 5.69 Å². The Morgan fingerprint density at radius 2 is 2.14 bits per heavy atom. The first kappa shape index (κ1) is 14.9. The summed E-state index contributed by atoms with van der Waals surface area (Å²) in [6.07, 6.45) is 0. The number of hydrogen-bond donors (Lipinski definition) is 1. The van der Waals surface area contributed by atoms with Crippen LogP contribution in [-0.4, -0.2) is 16.6 Å². The van der Waals surface area contributed by atoms with Crippen LogP contribution in [0.1, 0.15) is 5.56 Å². The van der Waals surface area contributed by atoms with Crippen LogP contribution >= 0.6 is 23.4 Å². The van der Waals surface area contributed by atoms with E-state index in [0.29, 0.717) is 15.9 Å². The summed E-state index contributed by atoms with van der Waals surface area (Å²) < 4.78 is 5.55. The number of carbonyl (C=O) groups excluding carboxylic acids is 1. The van der Waals surface area contributed by atoms with Crippen LogP contribution in [0.15, 0.2) is 52.1 Å². The summed E-state index contributed by atoms with van der Waals surface area (Å²) in [4.78, 5) is 16.3. The number of aryl methyl sites for hydroxylation is 1. The van der Waals surface area contributed by atoms with Gasteiger partial charge in [0.1, 0.15) is 5.52 Å². The number of para-hydroxylation sites is 2. The minimum Gasteiger partial charge on any atom is -0.431 e. The predicted molar refractivity (Wildman–Crippen MR) is 89.6 cm³/mol. The molecule has 3 aromatic rings. The SMILES string of the molecule is Cc1ccc(NC(=O)CSc2nc3ccccc3o2)cc1Cl. The maximum Gasteiger partial charge on any atom is 0.257 e. The van der Waals surface area contributed by atoms with E-state index in [1.54, 1.807) is 6.07 Å². The molecule has 0 aliphatic heterocycles. The van der Waals surface area contributed by atoms with Gasteiger partial charge in [-0.2, -0.15) is 0 Å². The molecule has 1 N–H and O–H groups in total. The third-order valence-corrected chi connectivity index (χ3v) is 4.29. The van der Waals surface area contributed by atoms with E-state index in [1.165, 1.54) is 11.8 Å². The number of nitrogens with zero attached hydrogens (tertiary/aromatic N) is 1. The van der Waals surface area contributed by atoms with E-state index in [1.807, 2.05) is 43.3 Å². The number of carbonyl (C=O) groups is 1. The molecule has 4 nitrogen and oxygen atoms in total. The van der Waals surface area contributed by atoms with Gasteiger partial charge in [0.15, 0.2) is 5.58 Å². The molecule has 0 aliphatic rings. The van der Waals surface area contributed by atoms with Gasteiger partial charge in [-0.1, -0.05) is 41.6 Å². The van der Waals surface area contributed by atoms with Gasteiger partial charge in [0.05, 0.1) is 5.75 Å². The van der Waals surface area contributed by atoms with Crippen LogP contribution in [-0.2, 0) is 4.79 Å². The Morgan fingerprint density at radius 1 is 1.32 bits per heavy atom. The number of amides is 1. The van der Waals surface area contributed by atoms with E-state index in [0.717, 1.165) is 16.7 Å². The summed E-state index contributed by atoms with van der Waals surface area (Å²) in [7, 11) is 0. The summed E-state index contributed by atoms with van der Waals surface area (Å²) in [5, 5.41) is 3.91. The molecule has 1 amide bonds. The fourth-order valence-corrected chi connectivity index (χ4v) is 2.73. The second kappa shape index (κ2) is 6.42. The van der Waals surface area contributed by atoms with Crippen LogP contribution in [0, 0.1) is 6.92 Å². The first-order valence-corrected chi connectivity index (χ1v) is 8.02. The Labute approximate surface area is 136 Å². The smallest absolute Gasteiger partial charge is 0.257 e.